The normalized spacial score (nSPS) is 19.1. The lowest BCUT2D eigenvalue weighted by atomic mass is 10.1. The number of methoxy groups -OCH3 is 1. The predicted molar refractivity (Wildman–Crippen MR) is 89.1 cm³/mol. The molecule has 1 amide bonds. The van der Waals surface area contributed by atoms with Gasteiger partial charge in [0.05, 0.1) is 18.4 Å². The number of hydrogen-bond acceptors (Lipinski definition) is 5. The third-order valence-corrected chi connectivity index (χ3v) is 5.24. The van der Waals surface area contributed by atoms with Crippen LogP contribution in [0.25, 0.3) is 0 Å². The number of alkyl halides is 3. The van der Waals surface area contributed by atoms with Gasteiger partial charge in [-0.05, 0) is 37.0 Å². The van der Waals surface area contributed by atoms with Crippen LogP contribution in [0.3, 0.4) is 0 Å². The van der Waals surface area contributed by atoms with Gasteiger partial charge < -0.3 is 10.1 Å². The van der Waals surface area contributed by atoms with E-state index in [1.54, 1.807) is 6.92 Å². The van der Waals surface area contributed by atoms with Gasteiger partial charge in [-0.2, -0.15) is 13.2 Å². The molecule has 26 heavy (non-hydrogen) atoms. The van der Waals surface area contributed by atoms with Crippen LogP contribution in [0.1, 0.15) is 38.8 Å². The molecule has 1 aliphatic carbocycles. The molecule has 0 bridgehead atoms. The van der Waals surface area contributed by atoms with E-state index in [2.05, 4.69) is 15.0 Å². The standard InChI is InChI=1S/C17H15F3N2O3S/c1-8-13(15(24)25-2)26-16(21-8)22-14(23)12-7-11(12)9-3-5-10(6-4-9)17(18,19)20/h3-6,11-12H,7H2,1-2H3,(H,21,22,23). The summed E-state index contributed by atoms with van der Waals surface area (Å²) in [6, 6.07) is 4.86. The fourth-order valence-electron chi connectivity index (χ4n) is 2.70. The number of amides is 1. The average molecular weight is 384 g/mol. The highest BCUT2D eigenvalue weighted by Gasteiger charge is 2.44. The van der Waals surface area contributed by atoms with Crippen molar-refractivity contribution in [3.8, 4) is 0 Å². The first-order valence-corrected chi connectivity index (χ1v) is 8.56. The minimum absolute atomic E-state index is 0.113. The van der Waals surface area contributed by atoms with Crippen molar-refractivity contribution in [1.29, 1.82) is 0 Å². The first-order valence-electron chi connectivity index (χ1n) is 7.74. The number of nitrogens with one attached hydrogen (secondary N) is 1. The largest absolute Gasteiger partial charge is 0.465 e. The van der Waals surface area contributed by atoms with E-state index in [0.717, 1.165) is 23.5 Å². The first kappa shape index (κ1) is 18.4. The molecule has 0 radical (unpaired) electrons. The number of carbonyl (C=O) groups is 2. The Hall–Kier alpha value is -2.42. The summed E-state index contributed by atoms with van der Waals surface area (Å²) in [6.45, 7) is 1.64. The number of rotatable bonds is 4. The second-order valence-electron chi connectivity index (χ2n) is 5.98. The molecule has 5 nitrogen and oxygen atoms in total. The number of nitrogens with zero attached hydrogens (tertiary/aromatic N) is 1. The number of aromatic nitrogens is 1. The summed E-state index contributed by atoms with van der Waals surface area (Å²) in [5.74, 6) is -1.22. The number of thiazole rings is 1. The van der Waals surface area contributed by atoms with E-state index in [1.807, 2.05) is 0 Å². The minimum atomic E-state index is -4.38. The molecular weight excluding hydrogens is 369 g/mol. The van der Waals surface area contributed by atoms with Crippen LogP contribution in [0.4, 0.5) is 18.3 Å². The summed E-state index contributed by atoms with van der Waals surface area (Å²) in [5.41, 5.74) is 0.451. The molecule has 1 saturated carbocycles. The highest BCUT2D eigenvalue weighted by molar-refractivity contribution is 7.17. The molecule has 2 aromatic rings. The van der Waals surface area contributed by atoms with Crippen LogP contribution >= 0.6 is 11.3 Å². The Kier molecular flexibility index (Phi) is 4.74. The lowest BCUT2D eigenvalue weighted by Crippen LogP contribution is -2.14. The topological polar surface area (TPSA) is 68.3 Å². The van der Waals surface area contributed by atoms with Crippen LogP contribution in [0, 0.1) is 12.8 Å². The second kappa shape index (κ2) is 6.71. The zero-order chi connectivity index (χ0) is 19.1. The predicted octanol–water partition coefficient (Wildman–Crippen LogP) is 4.00. The molecule has 9 heteroatoms. The Morgan fingerprint density at radius 3 is 2.50 bits per heavy atom. The smallest absolute Gasteiger partial charge is 0.416 e. The zero-order valence-corrected chi connectivity index (χ0v) is 14.7. The number of benzene rings is 1. The molecule has 1 aromatic heterocycles. The Balaban J connectivity index is 1.63. The van der Waals surface area contributed by atoms with E-state index in [1.165, 1.54) is 19.2 Å². The van der Waals surface area contributed by atoms with Gasteiger partial charge in [0.15, 0.2) is 5.13 Å². The van der Waals surface area contributed by atoms with Gasteiger partial charge in [-0.25, -0.2) is 9.78 Å². The van der Waals surface area contributed by atoms with E-state index in [4.69, 9.17) is 0 Å². The minimum Gasteiger partial charge on any atom is -0.465 e. The Morgan fingerprint density at radius 1 is 1.27 bits per heavy atom. The van der Waals surface area contributed by atoms with Crippen molar-refractivity contribution < 1.29 is 27.5 Å². The van der Waals surface area contributed by atoms with Crippen LogP contribution in [0.15, 0.2) is 24.3 Å². The van der Waals surface area contributed by atoms with Gasteiger partial charge in [-0.15, -0.1) is 0 Å². The third kappa shape index (κ3) is 3.72. The Bertz CT molecular complexity index is 846. The van der Waals surface area contributed by atoms with Gasteiger partial charge in [0.1, 0.15) is 4.88 Å². The van der Waals surface area contributed by atoms with Gasteiger partial charge in [0.25, 0.3) is 0 Å². The fraction of sp³-hybridized carbons (Fsp3) is 0.353. The summed E-state index contributed by atoms with van der Waals surface area (Å²) in [4.78, 5) is 28.3. The number of halogens is 3. The maximum atomic E-state index is 12.6. The zero-order valence-electron chi connectivity index (χ0n) is 13.9. The Labute approximate surface area is 151 Å². The van der Waals surface area contributed by atoms with Crippen LogP contribution in [-0.2, 0) is 15.7 Å². The summed E-state index contributed by atoms with van der Waals surface area (Å²) in [5, 5.41) is 2.96. The fourth-order valence-corrected chi connectivity index (χ4v) is 3.59. The lowest BCUT2D eigenvalue weighted by Gasteiger charge is -2.07. The first-order chi connectivity index (χ1) is 12.2. The van der Waals surface area contributed by atoms with Crippen molar-refractivity contribution in [1.82, 2.24) is 4.98 Å². The molecule has 1 aromatic carbocycles. The SMILES string of the molecule is COC(=O)c1sc(NC(=O)C2CC2c2ccc(C(F)(F)F)cc2)nc1C. The summed E-state index contributed by atoms with van der Waals surface area (Å²) >= 11 is 1.02. The third-order valence-electron chi connectivity index (χ3n) is 4.19. The van der Waals surface area contributed by atoms with Crippen molar-refractivity contribution in [2.24, 2.45) is 5.92 Å². The van der Waals surface area contributed by atoms with E-state index >= 15 is 0 Å². The highest BCUT2D eigenvalue weighted by atomic mass is 32.1. The van der Waals surface area contributed by atoms with Gasteiger partial charge >= 0.3 is 12.1 Å². The average Bonchev–Trinajstić information content (AvgIpc) is 3.31. The van der Waals surface area contributed by atoms with Crippen LogP contribution < -0.4 is 5.32 Å². The number of aryl methyl sites for hydroxylation is 1. The van der Waals surface area contributed by atoms with Crippen molar-refractivity contribution >= 4 is 28.3 Å². The van der Waals surface area contributed by atoms with E-state index < -0.39 is 17.7 Å². The molecule has 1 aliphatic rings. The van der Waals surface area contributed by atoms with Crippen molar-refractivity contribution in [2.45, 2.75) is 25.4 Å². The molecule has 3 rings (SSSR count). The second-order valence-corrected chi connectivity index (χ2v) is 6.98. The summed E-state index contributed by atoms with van der Waals surface area (Å²) in [6.07, 6.45) is -3.82. The maximum absolute atomic E-state index is 12.6. The number of ether oxygens (including phenoxy) is 1. The molecule has 0 saturated heterocycles. The molecule has 0 spiro atoms. The lowest BCUT2D eigenvalue weighted by molar-refractivity contribution is -0.137. The number of carbonyl (C=O) groups excluding carboxylic acids is 2. The van der Waals surface area contributed by atoms with Crippen LogP contribution in [0.5, 0.6) is 0 Å². The number of esters is 1. The van der Waals surface area contributed by atoms with Gasteiger partial charge in [-0.1, -0.05) is 23.5 Å². The van der Waals surface area contributed by atoms with Crippen LogP contribution in [0.2, 0.25) is 0 Å². The van der Waals surface area contributed by atoms with Gasteiger partial charge in [0.2, 0.25) is 5.91 Å². The van der Waals surface area contributed by atoms with Gasteiger partial charge in [0, 0.05) is 5.92 Å². The number of anilines is 1. The monoisotopic (exact) mass is 384 g/mol. The molecule has 2 atom stereocenters. The molecule has 0 aliphatic heterocycles. The molecule has 1 N–H and O–H groups in total. The van der Waals surface area contributed by atoms with E-state index in [0.29, 0.717) is 27.7 Å². The quantitative estimate of drug-likeness (QED) is 0.809. The summed E-state index contributed by atoms with van der Waals surface area (Å²) < 4.78 is 42.4. The highest BCUT2D eigenvalue weighted by Crippen LogP contribution is 2.48. The molecule has 138 valence electrons. The molecular formula is C17H15F3N2O3S. The van der Waals surface area contributed by atoms with Gasteiger partial charge in [-0.3, -0.25) is 4.79 Å². The van der Waals surface area contributed by atoms with E-state index in [-0.39, 0.29) is 17.7 Å². The number of hydrogen-bond donors (Lipinski definition) is 1. The molecule has 2 unspecified atom stereocenters. The van der Waals surface area contributed by atoms with Crippen molar-refractivity contribution in [3.63, 3.8) is 0 Å². The maximum Gasteiger partial charge on any atom is 0.416 e. The van der Waals surface area contributed by atoms with Crippen molar-refractivity contribution in [3.05, 3.63) is 46.0 Å². The van der Waals surface area contributed by atoms with Crippen LogP contribution in [-0.4, -0.2) is 24.0 Å². The molecule has 1 fully saturated rings. The Morgan fingerprint density at radius 2 is 1.92 bits per heavy atom. The molecule has 1 heterocycles. The van der Waals surface area contributed by atoms with E-state index in [9.17, 15) is 22.8 Å². The van der Waals surface area contributed by atoms with Crippen molar-refractivity contribution in [2.75, 3.05) is 12.4 Å². The summed E-state index contributed by atoms with van der Waals surface area (Å²) in [7, 11) is 1.26.